The third-order valence-corrected chi connectivity index (χ3v) is 5.46. The lowest BCUT2D eigenvalue weighted by Gasteiger charge is -2.34. The molecule has 3 aliphatic heterocycles. The first-order chi connectivity index (χ1) is 13.9. The molecule has 0 saturated carbocycles. The Bertz CT molecular complexity index is 1080. The number of urea groups is 1. The summed E-state index contributed by atoms with van der Waals surface area (Å²) in [6.07, 6.45) is 1.17. The number of carbonyl (C=O) groups is 2. The minimum atomic E-state index is -0.680. The molecule has 3 heterocycles. The molecule has 0 radical (unpaired) electrons. The Morgan fingerprint density at radius 2 is 1.76 bits per heavy atom. The number of anilines is 1. The Balaban J connectivity index is 1.64. The van der Waals surface area contributed by atoms with Gasteiger partial charge in [0.15, 0.2) is 12.2 Å². The highest BCUT2D eigenvalue weighted by Crippen LogP contribution is 2.39. The van der Waals surface area contributed by atoms with Gasteiger partial charge in [-0.2, -0.15) is 0 Å². The number of benzene rings is 2. The van der Waals surface area contributed by atoms with Crippen LogP contribution in [0.1, 0.15) is 5.56 Å². The molecule has 3 aliphatic rings. The van der Waals surface area contributed by atoms with Crippen LogP contribution >= 0.6 is 11.6 Å². The highest BCUT2D eigenvalue weighted by Gasteiger charge is 2.52. The Hall–Kier alpha value is -3.39. The van der Waals surface area contributed by atoms with Gasteiger partial charge in [-0.25, -0.2) is 14.2 Å². The third kappa shape index (κ3) is 2.67. The fraction of sp³-hybridized carbons (Fsp3) is 0.150. The van der Waals surface area contributed by atoms with E-state index in [1.807, 2.05) is 17.0 Å². The molecule has 2 aromatic rings. The van der Waals surface area contributed by atoms with Crippen molar-refractivity contribution in [3.63, 3.8) is 0 Å². The van der Waals surface area contributed by atoms with Gasteiger partial charge in [0, 0.05) is 29.5 Å². The summed E-state index contributed by atoms with van der Waals surface area (Å²) in [5.41, 5.74) is 2.27. The minimum absolute atomic E-state index is 0.338. The minimum Gasteiger partial charge on any atom is -0.303 e. The number of carbonyl (C=O) groups excluding carboxylic acids is 2. The number of nitrogens with one attached hydrogen (secondary N) is 1. The monoisotopic (exact) mass is 411 g/mol. The van der Waals surface area contributed by atoms with Gasteiger partial charge in [-0.3, -0.25) is 19.9 Å². The molecule has 2 aromatic carbocycles. The summed E-state index contributed by atoms with van der Waals surface area (Å²) >= 11 is 6.04. The zero-order chi connectivity index (χ0) is 20.3. The van der Waals surface area contributed by atoms with Crippen molar-refractivity contribution >= 4 is 40.9 Å². The molecule has 2 unspecified atom stereocenters. The number of nitrogens with zero attached hydrogens (tertiary/aromatic N) is 4. The molecular formula is C20H15ClFN5O2. The van der Waals surface area contributed by atoms with Crippen LogP contribution in [0.3, 0.4) is 0 Å². The Kier molecular flexibility index (Phi) is 3.85. The zero-order valence-corrected chi connectivity index (χ0v) is 16.0. The van der Waals surface area contributed by atoms with Crippen LogP contribution in [0.25, 0.3) is 5.70 Å². The van der Waals surface area contributed by atoms with E-state index in [2.05, 4.69) is 10.3 Å². The predicted octanol–water partition coefficient (Wildman–Crippen LogP) is 2.85. The molecule has 0 aromatic heterocycles. The maximum absolute atomic E-state index is 13.4. The molecule has 5 rings (SSSR count). The second kappa shape index (κ2) is 6.31. The smallest absolute Gasteiger partial charge is 0.303 e. The van der Waals surface area contributed by atoms with Crippen LogP contribution in [0.2, 0.25) is 5.02 Å². The number of amides is 3. The molecule has 2 atom stereocenters. The van der Waals surface area contributed by atoms with Crippen LogP contribution in [-0.4, -0.2) is 47.0 Å². The normalized spacial score (nSPS) is 22.9. The standard InChI is InChI=1S/C20H15ClFN5O2/c1-25-17-16(18(28)24-20(25)29)26-10-15(11-2-6-13(22)7-3-11)27(19(26)23-17)14-8-4-12(21)5-9-14/h2-10,16-17H,1H3,(H,24,28,29). The second-order valence-corrected chi connectivity index (χ2v) is 7.37. The molecular weight excluding hydrogens is 397 g/mol. The van der Waals surface area contributed by atoms with Crippen molar-refractivity contribution in [1.82, 2.24) is 15.1 Å². The molecule has 0 spiro atoms. The van der Waals surface area contributed by atoms with Gasteiger partial charge in [0.1, 0.15) is 5.82 Å². The number of imide groups is 1. The fourth-order valence-electron chi connectivity index (χ4n) is 3.75. The third-order valence-electron chi connectivity index (χ3n) is 5.20. The molecule has 29 heavy (non-hydrogen) atoms. The predicted molar refractivity (Wildman–Crippen MR) is 106 cm³/mol. The molecule has 9 heteroatoms. The average molecular weight is 412 g/mol. The number of fused-ring (bicyclic) bond motifs is 3. The Morgan fingerprint density at radius 1 is 1.07 bits per heavy atom. The summed E-state index contributed by atoms with van der Waals surface area (Å²) in [5, 5.41) is 2.94. The summed E-state index contributed by atoms with van der Waals surface area (Å²) in [4.78, 5) is 34.3. The average Bonchev–Trinajstić information content (AvgIpc) is 3.24. The molecule has 146 valence electrons. The molecule has 1 saturated heterocycles. The summed E-state index contributed by atoms with van der Waals surface area (Å²) in [5.74, 6) is -0.238. The Morgan fingerprint density at radius 3 is 2.45 bits per heavy atom. The van der Waals surface area contributed by atoms with E-state index in [0.717, 1.165) is 16.9 Å². The summed E-state index contributed by atoms with van der Waals surface area (Å²) in [6.45, 7) is 0. The SMILES string of the molecule is CN1C(=O)NC(=O)C2C1N=C1N(c3ccc(Cl)cc3)C(c3ccc(F)cc3)=CN12. The number of guanidine groups is 1. The van der Waals surface area contributed by atoms with E-state index in [0.29, 0.717) is 11.0 Å². The van der Waals surface area contributed by atoms with Gasteiger partial charge in [0.2, 0.25) is 5.96 Å². The van der Waals surface area contributed by atoms with Crippen molar-refractivity contribution in [2.45, 2.75) is 12.2 Å². The lowest BCUT2D eigenvalue weighted by Crippen LogP contribution is -2.62. The summed E-state index contributed by atoms with van der Waals surface area (Å²) < 4.78 is 13.4. The van der Waals surface area contributed by atoms with Crippen LogP contribution in [0.4, 0.5) is 14.9 Å². The second-order valence-electron chi connectivity index (χ2n) is 6.93. The van der Waals surface area contributed by atoms with E-state index in [1.165, 1.54) is 17.0 Å². The fourth-order valence-corrected chi connectivity index (χ4v) is 3.87. The van der Waals surface area contributed by atoms with Crippen molar-refractivity contribution in [3.8, 4) is 0 Å². The van der Waals surface area contributed by atoms with Crippen LogP contribution in [0.5, 0.6) is 0 Å². The molecule has 0 aliphatic carbocycles. The molecule has 7 nitrogen and oxygen atoms in total. The van der Waals surface area contributed by atoms with Gasteiger partial charge in [0.05, 0.1) is 5.70 Å². The number of likely N-dealkylation sites (N-methyl/N-ethyl adjacent to an activating group) is 1. The summed E-state index contributed by atoms with van der Waals surface area (Å²) in [7, 11) is 1.60. The number of halogens is 2. The number of hydrogen-bond donors (Lipinski definition) is 1. The van der Waals surface area contributed by atoms with Gasteiger partial charge >= 0.3 is 6.03 Å². The number of hydrogen-bond acceptors (Lipinski definition) is 5. The van der Waals surface area contributed by atoms with E-state index < -0.39 is 24.1 Å². The van der Waals surface area contributed by atoms with Crippen LogP contribution < -0.4 is 10.2 Å². The van der Waals surface area contributed by atoms with Gasteiger partial charge in [-0.15, -0.1) is 0 Å². The highest BCUT2D eigenvalue weighted by molar-refractivity contribution is 6.30. The molecule has 3 amide bonds. The lowest BCUT2D eigenvalue weighted by molar-refractivity contribution is -0.126. The lowest BCUT2D eigenvalue weighted by atomic mass is 10.1. The maximum atomic E-state index is 13.4. The van der Waals surface area contributed by atoms with Gasteiger partial charge in [0.25, 0.3) is 5.91 Å². The van der Waals surface area contributed by atoms with E-state index in [4.69, 9.17) is 11.6 Å². The van der Waals surface area contributed by atoms with E-state index in [1.54, 1.807) is 42.4 Å². The first-order valence-corrected chi connectivity index (χ1v) is 9.29. The first-order valence-electron chi connectivity index (χ1n) is 8.91. The largest absolute Gasteiger partial charge is 0.325 e. The Labute approximate surface area is 170 Å². The first kappa shape index (κ1) is 17.7. The number of aliphatic imine (C=N–C) groups is 1. The van der Waals surface area contributed by atoms with Gasteiger partial charge in [-0.1, -0.05) is 11.6 Å². The topological polar surface area (TPSA) is 68.2 Å². The quantitative estimate of drug-likeness (QED) is 0.825. The van der Waals surface area contributed by atoms with E-state index in [9.17, 15) is 14.0 Å². The molecule has 1 N–H and O–H groups in total. The van der Waals surface area contributed by atoms with Crippen LogP contribution in [0.15, 0.2) is 59.7 Å². The van der Waals surface area contributed by atoms with Crippen LogP contribution in [0, 0.1) is 5.82 Å². The van der Waals surface area contributed by atoms with E-state index in [-0.39, 0.29) is 5.82 Å². The molecule has 1 fully saturated rings. The van der Waals surface area contributed by atoms with Crippen molar-refractivity contribution in [2.24, 2.45) is 4.99 Å². The molecule has 0 bridgehead atoms. The van der Waals surface area contributed by atoms with Crippen LogP contribution in [-0.2, 0) is 4.79 Å². The van der Waals surface area contributed by atoms with Gasteiger partial charge < -0.3 is 4.90 Å². The van der Waals surface area contributed by atoms with Crippen molar-refractivity contribution in [2.75, 3.05) is 11.9 Å². The summed E-state index contributed by atoms with van der Waals surface area (Å²) in [6, 6.07) is 12.1. The van der Waals surface area contributed by atoms with Crippen molar-refractivity contribution < 1.29 is 14.0 Å². The van der Waals surface area contributed by atoms with Crippen molar-refractivity contribution in [1.29, 1.82) is 0 Å². The zero-order valence-electron chi connectivity index (χ0n) is 15.2. The maximum Gasteiger partial charge on any atom is 0.325 e. The van der Waals surface area contributed by atoms with Crippen molar-refractivity contribution in [3.05, 3.63) is 71.1 Å². The highest BCUT2D eigenvalue weighted by atomic mass is 35.5. The van der Waals surface area contributed by atoms with E-state index >= 15 is 0 Å². The van der Waals surface area contributed by atoms with Gasteiger partial charge in [-0.05, 0) is 48.5 Å². The number of rotatable bonds is 2.